The van der Waals surface area contributed by atoms with E-state index in [1.165, 1.54) is 62.8 Å². The van der Waals surface area contributed by atoms with Gasteiger partial charge >= 0.3 is 6.18 Å². The van der Waals surface area contributed by atoms with Crippen molar-refractivity contribution in [2.45, 2.75) is 11.8 Å². The minimum Gasteiger partial charge on any atom is -0.497 e. The van der Waals surface area contributed by atoms with Crippen molar-refractivity contribution in [3.63, 3.8) is 0 Å². The van der Waals surface area contributed by atoms with Crippen LogP contribution < -0.4 is 9.47 Å². The topological polar surface area (TPSA) is 38.7 Å². The molecule has 0 aliphatic heterocycles. The van der Waals surface area contributed by atoms with E-state index in [2.05, 4.69) is 0 Å². The molecule has 0 radical (unpaired) electrons. The molecule has 3 nitrogen and oxygen atoms in total. The van der Waals surface area contributed by atoms with Crippen LogP contribution in [0.15, 0.2) is 48.5 Å². The van der Waals surface area contributed by atoms with E-state index in [9.17, 15) is 18.3 Å². The minimum atomic E-state index is -4.88. The van der Waals surface area contributed by atoms with Crippen LogP contribution in [0, 0.1) is 0 Å². The fourth-order valence-electron chi connectivity index (χ4n) is 2.16. The maximum absolute atomic E-state index is 13.5. The van der Waals surface area contributed by atoms with Crippen molar-refractivity contribution < 1.29 is 27.8 Å². The summed E-state index contributed by atoms with van der Waals surface area (Å²) < 4.78 is 50.4. The second kappa shape index (κ2) is 5.88. The molecular weight excluding hydrogens is 297 g/mol. The number of rotatable bonds is 4. The highest BCUT2D eigenvalue weighted by Crippen LogP contribution is 2.44. The predicted octanol–water partition coefficient (Wildman–Crippen LogP) is 3.50. The first-order valence-electron chi connectivity index (χ1n) is 6.41. The lowest BCUT2D eigenvalue weighted by atomic mass is 9.85. The van der Waals surface area contributed by atoms with Crippen LogP contribution in [0.2, 0.25) is 0 Å². The fraction of sp³-hybridized carbons (Fsp3) is 0.250. The molecule has 22 heavy (non-hydrogen) atoms. The molecule has 0 spiro atoms. The monoisotopic (exact) mass is 312 g/mol. The lowest BCUT2D eigenvalue weighted by molar-refractivity contribution is -0.248. The third-order valence-corrected chi connectivity index (χ3v) is 3.43. The van der Waals surface area contributed by atoms with Crippen molar-refractivity contribution in [2.75, 3.05) is 14.2 Å². The van der Waals surface area contributed by atoms with Crippen LogP contribution in [0.3, 0.4) is 0 Å². The predicted molar refractivity (Wildman–Crippen MR) is 75.0 cm³/mol. The minimum absolute atomic E-state index is 0.286. The third kappa shape index (κ3) is 2.74. The Kier molecular flexibility index (Phi) is 4.32. The maximum Gasteiger partial charge on any atom is 0.425 e. The lowest BCUT2D eigenvalue weighted by Crippen LogP contribution is -2.43. The summed E-state index contributed by atoms with van der Waals surface area (Å²) >= 11 is 0. The van der Waals surface area contributed by atoms with Crippen molar-refractivity contribution >= 4 is 0 Å². The molecule has 0 saturated heterocycles. The van der Waals surface area contributed by atoms with Crippen molar-refractivity contribution in [1.29, 1.82) is 0 Å². The average Bonchev–Trinajstić information content (AvgIpc) is 2.53. The highest BCUT2D eigenvalue weighted by Gasteiger charge is 2.56. The molecule has 0 unspecified atom stereocenters. The molecule has 0 atom stereocenters. The number of aliphatic hydroxyl groups is 1. The summed E-state index contributed by atoms with van der Waals surface area (Å²) in [5, 5.41) is 10.4. The van der Waals surface area contributed by atoms with E-state index in [0.717, 1.165) is 0 Å². The zero-order chi connectivity index (χ0) is 16.4. The standard InChI is InChI=1S/C16H15F3O3/c1-21-13-7-3-11(4-8-13)15(20,16(17,18)19)12-5-9-14(22-2)10-6-12/h3-10,20H,1-2H3. The lowest BCUT2D eigenvalue weighted by Gasteiger charge is -2.31. The van der Waals surface area contributed by atoms with Gasteiger partial charge < -0.3 is 14.6 Å². The Labute approximate surface area is 125 Å². The van der Waals surface area contributed by atoms with Crippen molar-refractivity contribution in [2.24, 2.45) is 0 Å². The Morgan fingerprint density at radius 2 is 1.05 bits per heavy atom. The zero-order valence-electron chi connectivity index (χ0n) is 12.0. The van der Waals surface area contributed by atoms with Crippen LogP contribution >= 0.6 is 0 Å². The number of halogens is 3. The summed E-state index contributed by atoms with van der Waals surface area (Å²) in [6.45, 7) is 0. The summed E-state index contributed by atoms with van der Waals surface area (Å²) in [6.07, 6.45) is -4.88. The van der Waals surface area contributed by atoms with Gasteiger partial charge in [0.15, 0.2) is 0 Å². The smallest absolute Gasteiger partial charge is 0.425 e. The molecule has 0 aliphatic carbocycles. The van der Waals surface area contributed by atoms with Gasteiger partial charge in [-0.05, 0) is 35.4 Å². The van der Waals surface area contributed by atoms with Crippen LogP contribution in [0.5, 0.6) is 11.5 Å². The molecule has 0 fully saturated rings. The molecule has 118 valence electrons. The van der Waals surface area contributed by atoms with Crippen LogP contribution in [-0.2, 0) is 5.60 Å². The summed E-state index contributed by atoms with van der Waals surface area (Å²) in [4.78, 5) is 0. The van der Waals surface area contributed by atoms with Gasteiger partial charge in [0.2, 0.25) is 5.60 Å². The van der Waals surface area contributed by atoms with Crippen molar-refractivity contribution in [3.8, 4) is 11.5 Å². The van der Waals surface area contributed by atoms with Gasteiger partial charge in [-0.1, -0.05) is 24.3 Å². The molecule has 6 heteroatoms. The van der Waals surface area contributed by atoms with Crippen LogP contribution in [-0.4, -0.2) is 25.5 Å². The number of ether oxygens (including phenoxy) is 2. The third-order valence-electron chi connectivity index (χ3n) is 3.43. The normalized spacial score (nSPS) is 12.1. The maximum atomic E-state index is 13.5. The second-order valence-corrected chi connectivity index (χ2v) is 4.67. The molecule has 1 N–H and O–H groups in total. The molecule has 0 heterocycles. The first kappa shape index (κ1) is 16.2. The Balaban J connectivity index is 2.55. The fourth-order valence-corrected chi connectivity index (χ4v) is 2.16. The van der Waals surface area contributed by atoms with Gasteiger partial charge in [-0.2, -0.15) is 13.2 Å². The van der Waals surface area contributed by atoms with E-state index in [0.29, 0.717) is 11.5 Å². The number of hydrogen-bond acceptors (Lipinski definition) is 3. The molecule has 0 bridgehead atoms. The first-order valence-corrected chi connectivity index (χ1v) is 6.41. The number of methoxy groups -OCH3 is 2. The molecule has 2 aromatic carbocycles. The highest BCUT2D eigenvalue weighted by atomic mass is 19.4. The van der Waals surface area contributed by atoms with E-state index in [1.807, 2.05) is 0 Å². The Hall–Kier alpha value is -2.21. The van der Waals surface area contributed by atoms with Gasteiger partial charge in [0.1, 0.15) is 11.5 Å². The van der Waals surface area contributed by atoms with E-state index in [1.54, 1.807) is 0 Å². The van der Waals surface area contributed by atoms with E-state index < -0.39 is 11.8 Å². The van der Waals surface area contributed by atoms with Gasteiger partial charge in [0.05, 0.1) is 14.2 Å². The van der Waals surface area contributed by atoms with E-state index >= 15 is 0 Å². The molecule has 0 aliphatic rings. The van der Waals surface area contributed by atoms with Crippen LogP contribution in [0.1, 0.15) is 11.1 Å². The van der Waals surface area contributed by atoms with Gasteiger partial charge in [0, 0.05) is 0 Å². The molecular formula is C16H15F3O3. The summed E-state index contributed by atoms with van der Waals surface area (Å²) in [6, 6.07) is 10.2. The van der Waals surface area contributed by atoms with Crippen LogP contribution in [0.25, 0.3) is 0 Å². The van der Waals surface area contributed by atoms with Gasteiger partial charge in [-0.3, -0.25) is 0 Å². The van der Waals surface area contributed by atoms with Gasteiger partial charge in [-0.25, -0.2) is 0 Å². The van der Waals surface area contributed by atoms with Crippen LogP contribution in [0.4, 0.5) is 13.2 Å². The molecule has 2 aromatic rings. The Morgan fingerprint density at radius 1 is 0.727 bits per heavy atom. The Bertz CT molecular complexity index is 571. The largest absolute Gasteiger partial charge is 0.497 e. The highest BCUT2D eigenvalue weighted by molar-refractivity contribution is 5.42. The van der Waals surface area contributed by atoms with Gasteiger partial charge in [0.25, 0.3) is 0 Å². The molecule has 0 amide bonds. The second-order valence-electron chi connectivity index (χ2n) is 4.67. The number of benzene rings is 2. The number of alkyl halides is 3. The zero-order valence-corrected chi connectivity index (χ0v) is 12.0. The van der Waals surface area contributed by atoms with Crippen molar-refractivity contribution in [1.82, 2.24) is 0 Å². The SMILES string of the molecule is COc1ccc(C(O)(c2ccc(OC)cc2)C(F)(F)F)cc1. The summed E-state index contributed by atoms with van der Waals surface area (Å²) in [7, 11) is 2.82. The molecule has 0 saturated carbocycles. The quantitative estimate of drug-likeness (QED) is 0.939. The summed E-state index contributed by atoms with van der Waals surface area (Å²) in [5.41, 5.74) is -3.68. The Morgan fingerprint density at radius 3 is 1.27 bits per heavy atom. The van der Waals surface area contributed by atoms with E-state index in [4.69, 9.17) is 9.47 Å². The molecule has 2 rings (SSSR count). The summed E-state index contributed by atoms with van der Waals surface area (Å²) in [5.74, 6) is 0.811. The number of hydrogen-bond donors (Lipinski definition) is 1. The first-order chi connectivity index (χ1) is 10.3. The molecule has 0 aromatic heterocycles. The van der Waals surface area contributed by atoms with Gasteiger partial charge in [-0.15, -0.1) is 0 Å². The average molecular weight is 312 g/mol. The van der Waals surface area contributed by atoms with E-state index in [-0.39, 0.29) is 11.1 Å². The van der Waals surface area contributed by atoms with Crippen molar-refractivity contribution in [3.05, 3.63) is 59.7 Å².